The maximum Gasteiger partial charge on any atom is -0.00521 e. The van der Waals surface area contributed by atoms with Gasteiger partial charge >= 0.3 is 0 Å². The number of hydrogen-bond acceptors (Lipinski definition) is 0. The number of rotatable bonds is 4. The molecule has 15 heavy (non-hydrogen) atoms. The Morgan fingerprint density at radius 1 is 1.13 bits per heavy atom. The normalized spacial score (nSPS) is 12.8. The molecule has 1 heteroatoms. The van der Waals surface area contributed by atoms with E-state index in [1.165, 1.54) is 10.0 Å². The summed E-state index contributed by atoms with van der Waals surface area (Å²) >= 11 is 3.46. The van der Waals surface area contributed by atoms with Crippen molar-refractivity contribution >= 4 is 22.0 Å². The lowest BCUT2D eigenvalue weighted by Gasteiger charge is -1.88. The van der Waals surface area contributed by atoms with Crippen LogP contribution in [0.15, 0.2) is 59.1 Å². The minimum atomic E-state index is 1.03. The number of hydrogen-bond donors (Lipinski definition) is 0. The quantitative estimate of drug-likeness (QED) is 0.674. The summed E-state index contributed by atoms with van der Waals surface area (Å²) in [5.41, 5.74) is 1.22. The summed E-state index contributed by atoms with van der Waals surface area (Å²) in [5.74, 6) is 0. The first-order chi connectivity index (χ1) is 7.33. The molecule has 0 N–H and O–H groups in total. The molecule has 0 fully saturated rings. The molecule has 0 atom stereocenters. The van der Waals surface area contributed by atoms with E-state index in [4.69, 9.17) is 0 Å². The van der Waals surface area contributed by atoms with E-state index in [2.05, 4.69) is 47.1 Å². The fourth-order valence-corrected chi connectivity index (χ4v) is 1.23. The highest BCUT2D eigenvalue weighted by molar-refractivity contribution is 9.11. The average molecular weight is 263 g/mol. The molecule has 0 bridgehead atoms. The minimum absolute atomic E-state index is 1.03. The second-order valence-corrected chi connectivity index (χ2v) is 4.14. The molecular weight excluding hydrogens is 248 g/mol. The van der Waals surface area contributed by atoms with Crippen molar-refractivity contribution in [2.24, 2.45) is 0 Å². The van der Waals surface area contributed by atoms with Gasteiger partial charge in [0, 0.05) is 0 Å². The maximum absolute atomic E-state index is 3.46. The van der Waals surface area contributed by atoms with Crippen LogP contribution in [0.3, 0.4) is 0 Å². The standard InChI is InChI=1S/C14H15Br/c1-2-14(15)12-8-4-7-11-13-9-5-3-6-10-13/h3-12H,2H2,1H3/b8-4-,11-7+,14-12+. The molecule has 0 unspecified atom stereocenters. The van der Waals surface area contributed by atoms with E-state index >= 15 is 0 Å². The highest BCUT2D eigenvalue weighted by Crippen LogP contribution is 2.08. The Balaban J connectivity index is 2.47. The Morgan fingerprint density at radius 2 is 1.87 bits per heavy atom. The van der Waals surface area contributed by atoms with E-state index < -0.39 is 0 Å². The molecule has 0 aromatic heterocycles. The first kappa shape index (κ1) is 12.0. The molecule has 1 aromatic carbocycles. The summed E-state index contributed by atoms with van der Waals surface area (Å²) in [7, 11) is 0. The molecule has 0 saturated carbocycles. The second kappa shape index (κ2) is 7.24. The summed E-state index contributed by atoms with van der Waals surface area (Å²) in [6.45, 7) is 2.12. The zero-order valence-corrected chi connectivity index (χ0v) is 10.4. The van der Waals surface area contributed by atoms with E-state index in [1.54, 1.807) is 0 Å². The summed E-state index contributed by atoms with van der Waals surface area (Å²) in [6.07, 6.45) is 11.3. The topological polar surface area (TPSA) is 0 Å². The predicted octanol–water partition coefficient (Wildman–Crippen LogP) is 4.94. The Morgan fingerprint density at radius 3 is 2.53 bits per heavy atom. The van der Waals surface area contributed by atoms with Crippen LogP contribution in [0, 0.1) is 0 Å². The monoisotopic (exact) mass is 262 g/mol. The van der Waals surface area contributed by atoms with Gasteiger partial charge in [0.15, 0.2) is 0 Å². The van der Waals surface area contributed by atoms with Crippen molar-refractivity contribution in [3.05, 3.63) is 64.7 Å². The van der Waals surface area contributed by atoms with E-state index in [0.717, 1.165) is 6.42 Å². The van der Waals surface area contributed by atoms with Crippen molar-refractivity contribution < 1.29 is 0 Å². The van der Waals surface area contributed by atoms with Crippen LogP contribution in [0.2, 0.25) is 0 Å². The lowest BCUT2D eigenvalue weighted by atomic mass is 10.2. The molecule has 0 aliphatic carbocycles. The summed E-state index contributed by atoms with van der Waals surface area (Å²) < 4.78 is 1.21. The van der Waals surface area contributed by atoms with Gasteiger partial charge in [0.1, 0.15) is 0 Å². The van der Waals surface area contributed by atoms with Gasteiger partial charge < -0.3 is 0 Å². The van der Waals surface area contributed by atoms with Crippen molar-refractivity contribution in [1.82, 2.24) is 0 Å². The smallest absolute Gasteiger partial charge is 0.00521 e. The van der Waals surface area contributed by atoms with Crippen LogP contribution < -0.4 is 0 Å². The van der Waals surface area contributed by atoms with Crippen LogP contribution in [0.1, 0.15) is 18.9 Å². The molecular formula is C14H15Br. The predicted molar refractivity (Wildman–Crippen MR) is 71.9 cm³/mol. The molecule has 0 spiro atoms. The molecule has 0 heterocycles. The fraction of sp³-hybridized carbons (Fsp3) is 0.143. The molecule has 0 saturated heterocycles. The molecule has 0 aliphatic rings. The summed E-state index contributed by atoms with van der Waals surface area (Å²) in [5, 5.41) is 0. The molecule has 1 aromatic rings. The molecule has 0 radical (unpaired) electrons. The van der Waals surface area contributed by atoms with Gasteiger partial charge in [-0.3, -0.25) is 0 Å². The van der Waals surface area contributed by atoms with Gasteiger partial charge in [-0.2, -0.15) is 0 Å². The third kappa shape index (κ3) is 5.38. The van der Waals surface area contributed by atoms with Crippen molar-refractivity contribution in [2.75, 3.05) is 0 Å². The van der Waals surface area contributed by atoms with Crippen LogP contribution in [0.4, 0.5) is 0 Å². The first-order valence-corrected chi connectivity index (χ1v) is 5.86. The SMILES string of the molecule is CC\C(Br)=C/C=C\C=C\c1ccccc1. The Hall–Kier alpha value is -1.08. The van der Waals surface area contributed by atoms with Crippen molar-refractivity contribution in [1.29, 1.82) is 0 Å². The number of halogens is 1. The molecule has 0 nitrogen and oxygen atoms in total. The van der Waals surface area contributed by atoms with Crippen molar-refractivity contribution in [3.63, 3.8) is 0 Å². The molecule has 1 rings (SSSR count). The highest BCUT2D eigenvalue weighted by Gasteiger charge is 1.81. The van der Waals surface area contributed by atoms with Crippen LogP contribution in [-0.2, 0) is 0 Å². The largest absolute Gasteiger partial charge is 0.0622 e. The Bertz CT molecular complexity index is 358. The van der Waals surface area contributed by atoms with Crippen LogP contribution in [0.25, 0.3) is 6.08 Å². The maximum atomic E-state index is 3.46. The fourth-order valence-electron chi connectivity index (χ4n) is 1.07. The first-order valence-electron chi connectivity index (χ1n) is 5.07. The van der Waals surface area contributed by atoms with Crippen LogP contribution >= 0.6 is 15.9 Å². The van der Waals surface area contributed by atoms with Crippen LogP contribution in [-0.4, -0.2) is 0 Å². The lowest BCUT2D eigenvalue weighted by Crippen LogP contribution is -1.66. The zero-order valence-electron chi connectivity index (χ0n) is 8.86. The number of allylic oxidation sites excluding steroid dienone is 5. The van der Waals surface area contributed by atoms with Crippen molar-refractivity contribution in [3.8, 4) is 0 Å². The van der Waals surface area contributed by atoms with Gasteiger partial charge in [-0.25, -0.2) is 0 Å². The Labute approximate surface area is 100 Å². The minimum Gasteiger partial charge on any atom is -0.0622 e. The van der Waals surface area contributed by atoms with Gasteiger partial charge in [-0.15, -0.1) is 0 Å². The van der Waals surface area contributed by atoms with Gasteiger partial charge in [-0.05, 0) is 16.5 Å². The zero-order chi connectivity index (χ0) is 10.9. The van der Waals surface area contributed by atoms with Gasteiger partial charge in [0.05, 0.1) is 0 Å². The Kier molecular flexibility index (Phi) is 5.79. The van der Waals surface area contributed by atoms with Gasteiger partial charge in [0.25, 0.3) is 0 Å². The third-order valence-corrected chi connectivity index (χ3v) is 2.75. The third-order valence-electron chi connectivity index (χ3n) is 1.93. The van der Waals surface area contributed by atoms with Crippen LogP contribution in [0.5, 0.6) is 0 Å². The van der Waals surface area contributed by atoms with E-state index in [-0.39, 0.29) is 0 Å². The summed E-state index contributed by atoms with van der Waals surface area (Å²) in [4.78, 5) is 0. The summed E-state index contributed by atoms with van der Waals surface area (Å²) in [6, 6.07) is 10.3. The molecule has 0 amide bonds. The van der Waals surface area contributed by atoms with E-state index in [9.17, 15) is 0 Å². The average Bonchev–Trinajstić information content (AvgIpc) is 2.29. The highest BCUT2D eigenvalue weighted by atomic mass is 79.9. The van der Waals surface area contributed by atoms with Gasteiger partial charge in [-0.1, -0.05) is 83.6 Å². The second-order valence-electron chi connectivity index (χ2n) is 3.12. The lowest BCUT2D eigenvalue weighted by molar-refractivity contribution is 1.21. The van der Waals surface area contributed by atoms with E-state index in [0.29, 0.717) is 0 Å². The molecule has 0 aliphatic heterocycles. The van der Waals surface area contributed by atoms with E-state index in [1.807, 2.05) is 36.4 Å². The molecule has 78 valence electrons. The van der Waals surface area contributed by atoms with Gasteiger partial charge in [0.2, 0.25) is 0 Å². The number of benzene rings is 1. The van der Waals surface area contributed by atoms with Crippen molar-refractivity contribution in [2.45, 2.75) is 13.3 Å².